The fraction of sp³-hybridized carbons (Fsp3) is 0.400. The average Bonchev–Trinajstić information content (AvgIpc) is 2.84. The van der Waals surface area contributed by atoms with Crippen molar-refractivity contribution in [1.29, 1.82) is 0 Å². The molecule has 0 amide bonds. The summed E-state index contributed by atoms with van der Waals surface area (Å²) < 4.78 is 7.44. The van der Waals surface area contributed by atoms with Crippen LogP contribution in [0, 0.1) is 0 Å². The maximum absolute atomic E-state index is 6.08. The average molecular weight is 300 g/mol. The highest BCUT2D eigenvalue weighted by molar-refractivity contribution is 6.04. The van der Waals surface area contributed by atoms with E-state index in [2.05, 4.69) is 34.2 Å². The third kappa shape index (κ3) is 2.43. The van der Waals surface area contributed by atoms with Gasteiger partial charge >= 0.3 is 0 Å². The standard InChI is InChI=1S/C15H20N6O/c1-4-22-8-11-19-13-14(21(11)20-9(2)3)12-10(18-15(13)16)6-5-7-17-12/h5-7,9,20H,4,8H2,1-3H3,(H2,16,18). The summed E-state index contributed by atoms with van der Waals surface area (Å²) in [6.45, 7) is 7.11. The number of aromatic nitrogens is 4. The van der Waals surface area contributed by atoms with Crippen LogP contribution in [0.4, 0.5) is 5.82 Å². The Morgan fingerprint density at radius 2 is 2.14 bits per heavy atom. The molecule has 0 aliphatic carbocycles. The SMILES string of the molecule is CCOCc1nc2c(N)nc3cccnc3c2n1NC(C)C. The van der Waals surface area contributed by atoms with Crippen LogP contribution in [-0.2, 0) is 11.3 Å². The lowest BCUT2D eigenvalue weighted by Crippen LogP contribution is -2.24. The fourth-order valence-corrected chi connectivity index (χ4v) is 2.40. The van der Waals surface area contributed by atoms with Crippen molar-refractivity contribution >= 4 is 27.9 Å². The van der Waals surface area contributed by atoms with E-state index in [9.17, 15) is 0 Å². The maximum atomic E-state index is 6.08. The molecule has 0 fully saturated rings. The van der Waals surface area contributed by atoms with Crippen molar-refractivity contribution in [2.45, 2.75) is 33.4 Å². The molecular weight excluding hydrogens is 280 g/mol. The van der Waals surface area contributed by atoms with Crippen LogP contribution in [0.25, 0.3) is 22.1 Å². The Bertz CT molecular complexity index is 810. The van der Waals surface area contributed by atoms with E-state index in [4.69, 9.17) is 10.5 Å². The van der Waals surface area contributed by atoms with Crippen LogP contribution in [0.5, 0.6) is 0 Å². The van der Waals surface area contributed by atoms with E-state index in [-0.39, 0.29) is 6.04 Å². The number of hydrogen-bond acceptors (Lipinski definition) is 6. The van der Waals surface area contributed by atoms with E-state index in [1.165, 1.54) is 0 Å². The number of ether oxygens (including phenoxy) is 1. The monoisotopic (exact) mass is 300 g/mol. The zero-order chi connectivity index (χ0) is 15.7. The lowest BCUT2D eigenvalue weighted by molar-refractivity contribution is 0.127. The second-order valence-electron chi connectivity index (χ2n) is 5.35. The Morgan fingerprint density at radius 1 is 1.32 bits per heavy atom. The lowest BCUT2D eigenvalue weighted by atomic mass is 10.3. The third-order valence-electron chi connectivity index (χ3n) is 3.26. The second kappa shape index (κ2) is 5.76. The Labute approximate surface area is 128 Å². The minimum atomic E-state index is 0.228. The Morgan fingerprint density at radius 3 is 2.86 bits per heavy atom. The van der Waals surface area contributed by atoms with Gasteiger partial charge in [0, 0.05) is 18.8 Å². The van der Waals surface area contributed by atoms with Gasteiger partial charge < -0.3 is 15.9 Å². The number of imidazole rings is 1. The number of nitrogen functional groups attached to an aromatic ring is 1. The highest BCUT2D eigenvalue weighted by atomic mass is 16.5. The molecule has 3 aromatic heterocycles. The summed E-state index contributed by atoms with van der Waals surface area (Å²) in [7, 11) is 0. The van der Waals surface area contributed by atoms with Crippen molar-refractivity contribution in [3.8, 4) is 0 Å². The summed E-state index contributed by atoms with van der Waals surface area (Å²) in [6.07, 6.45) is 1.74. The molecule has 0 atom stereocenters. The number of rotatable bonds is 5. The van der Waals surface area contributed by atoms with Crippen LogP contribution < -0.4 is 11.2 Å². The van der Waals surface area contributed by atoms with Gasteiger partial charge in [0.2, 0.25) is 0 Å². The van der Waals surface area contributed by atoms with Gasteiger partial charge in [-0.2, -0.15) is 0 Å². The number of pyridine rings is 2. The molecular formula is C15H20N6O. The van der Waals surface area contributed by atoms with Gasteiger partial charge in [-0.05, 0) is 32.9 Å². The molecule has 3 aromatic rings. The Balaban J connectivity index is 2.32. The van der Waals surface area contributed by atoms with Crippen molar-refractivity contribution in [2.24, 2.45) is 0 Å². The predicted molar refractivity (Wildman–Crippen MR) is 87.1 cm³/mol. The number of nitrogens with two attached hydrogens (primary N) is 1. The second-order valence-corrected chi connectivity index (χ2v) is 5.35. The van der Waals surface area contributed by atoms with Crippen LogP contribution >= 0.6 is 0 Å². The molecule has 7 nitrogen and oxygen atoms in total. The molecule has 3 heterocycles. The van der Waals surface area contributed by atoms with Gasteiger partial charge in [-0.1, -0.05) is 0 Å². The van der Waals surface area contributed by atoms with E-state index in [1.54, 1.807) is 6.20 Å². The topological polar surface area (TPSA) is 90.9 Å². The van der Waals surface area contributed by atoms with Crippen LogP contribution in [-0.4, -0.2) is 32.3 Å². The Hall–Kier alpha value is -2.41. The highest BCUT2D eigenvalue weighted by Crippen LogP contribution is 2.27. The molecule has 0 radical (unpaired) electrons. The fourth-order valence-electron chi connectivity index (χ4n) is 2.40. The van der Waals surface area contributed by atoms with Crippen LogP contribution in [0.3, 0.4) is 0 Å². The quantitative estimate of drug-likeness (QED) is 0.749. The van der Waals surface area contributed by atoms with E-state index in [1.807, 2.05) is 23.7 Å². The first-order valence-electron chi connectivity index (χ1n) is 7.37. The molecule has 0 saturated heterocycles. The van der Waals surface area contributed by atoms with Gasteiger partial charge in [-0.25, -0.2) is 14.6 Å². The first-order valence-corrected chi connectivity index (χ1v) is 7.37. The van der Waals surface area contributed by atoms with E-state index in [0.29, 0.717) is 24.5 Å². The zero-order valence-corrected chi connectivity index (χ0v) is 13.0. The van der Waals surface area contributed by atoms with Crippen molar-refractivity contribution in [3.63, 3.8) is 0 Å². The number of hydrogen-bond donors (Lipinski definition) is 2. The van der Waals surface area contributed by atoms with E-state index < -0.39 is 0 Å². The molecule has 0 saturated carbocycles. The minimum Gasteiger partial charge on any atom is -0.382 e. The smallest absolute Gasteiger partial charge is 0.154 e. The summed E-state index contributed by atoms with van der Waals surface area (Å²) >= 11 is 0. The molecule has 7 heteroatoms. The molecule has 0 aromatic carbocycles. The van der Waals surface area contributed by atoms with E-state index >= 15 is 0 Å². The molecule has 0 bridgehead atoms. The summed E-state index contributed by atoms with van der Waals surface area (Å²) in [5.74, 6) is 1.16. The van der Waals surface area contributed by atoms with Gasteiger partial charge in [-0.15, -0.1) is 0 Å². The van der Waals surface area contributed by atoms with Crippen molar-refractivity contribution in [3.05, 3.63) is 24.2 Å². The minimum absolute atomic E-state index is 0.228. The third-order valence-corrected chi connectivity index (χ3v) is 3.26. The van der Waals surface area contributed by atoms with Gasteiger partial charge in [-0.3, -0.25) is 4.98 Å². The summed E-state index contributed by atoms with van der Waals surface area (Å²) in [5.41, 5.74) is 12.5. The molecule has 0 aliphatic heterocycles. The summed E-state index contributed by atoms with van der Waals surface area (Å²) in [5, 5.41) is 0. The molecule has 0 aliphatic rings. The van der Waals surface area contributed by atoms with E-state index in [0.717, 1.165) is 22.4 Å². The summed E-state index contributed by atoms with van der Waals surface area (Å²) in [6, 6.07) is 3.97. The molecule has 0 unspecified atom stereocenters. The van der Waals surface area contributed by atoms with Crippen LogP contribution in [0.2, 0.25) is 0 Å². The van der Waals surface area contributed by atoms with Crippen molar-refractivity contribution in [2.75, 3.05) is 17.8 Å². The van der Waals surface area contributed by atoms with Crippen molar-refractivity contribution in [1.82, 2.24) is 19.6 Å². The normalized spacial score (nSPS) is 11.6. The molecule has 116 valence electrons. The molecule has 22 heavy (non-hydrogen) atoms. The van der Waals surface area contributed by atoms with Crippen molar-refractivity contribution < 1.29 is 4.74 Å². The zero-order valence-electron chi connectivity index (χ0n) is 13.0. The lowest BCUT2D eigenvalue weighted by Gasteiger charge is -2.15. The molecule has 3 rings (SSSR count). The van der Waals surface area contributed by atoms with Crippen LogP contribution in [0.1, 0.15) is 26.6 Å². The van der Waals surface area contributed by atoms with Gasteiger partial charge in [0.1, 0.15) is 23.2 Å². The van der Waals surface area contributed by atoms with Crippen LogP contribution in [0.15, 0.2) is 18.3 Å². The number of anilines is 1. The first-order chi connectivity index (χ1) is 10.6. The van der Waals surface area contributed by atoms with Gasteiger partial charge in [0.05, 0.1) is 5.52 Å². The van der Waals surface area contributed by atoms with Gasteiger partial charge in [0.25, 0.3) is 0 Å². The highest BCUT2D eigenvalue weighted by Gasteiger charge is 2.18. The largest absolute Gasteiger partial charge is 0.382 e. The summed E-state index contributed by atoms with van der Waals surface area (Å²) in [4.78, 5) is 13.4. The number of fused-ring (bicyclic) bond motifs is 3. The predicted octanol–water partition coefficient (Wildman–Crippen LogP) is 2.05. The number of nitrogens with zero attached hydrogens (tertiary/aromatic N) is 4. The number of nitrogens with one attached hydrogen (secondary N) is 1. The maximum Gasteiger partial charge on any atom is 0.154 e. The molecule has 3 N–H and O–H groups in total. The molecule has 0 spiro atoms. The van der Waals surface area contributed by atoms with Gasteiger partial charge in [0.15, 0.2) is 11.6 Å². The first kappa shape index (κ1) is 14.5. The Kier molecular flexibility index (Phi) is 3.81.